The van der Waals surface area contributed by atoms with Gasteiger partial charge in [0.2, 0.25) is 10.0 Å². The van der Waals surface area contributed by atoms with Crippen molar-refractivity contribution in [1.29, 1.82) is 0 Å². The molecule has 1 aromatic rings. The van der Waals surface area contributed by atoms with Gasteiger partial charge in [-0.05, 0) is 37.5 Å². The van der Waals surface area contributed by atoms with Crippen molar-refractivity contribution >= 4 is 15.9 Å². The van der Waals surface area contributed by atoms with Crippen molar-refractivity contribution in [3.63, 3.8) is 0 Å². The van der Waals surface area contributed by atoms with Gasteiger partial charge in [0, 0.05) is 6.61 Å². The van der Waals surface area contributed by atoms with E-state index in [1.54, 1.807) is 0 Å². The maximum atomic E-state index is 13.9. The number of benzene rings is 1. The predicted octanol–water partition coefficient (Wildman–Crippen LogP) is 0.690. The Morgan fingerprint density at radius 1 is 1.48 bits per heavy atom. The molecule has 0 saturated carbocycles. The summed E-state index contributed by atoms with van der Waals surface area (Å²) in [5.41, 5.74) is -0.178. The number of sulfonamides is 1. The number of nitrogens with two attached hydrogens (primary N) is 1. The van der Waals surface area contributed by atoms with Crippen molar-refractivity contribution in [2.75, 3.05) is 13.2 Å². The molecule has 0 aliphatic carbocycles. The van der Waals surface area contributed by atoms with E-state index in [0.29, 0.717) is 13.2 Å². The maximum absolute atomic E-state index is 13.9. The Kier molecular flexibility index (Phi) is 4.60. The first-order chi connectivity index (χ1) is 9.79. The van der Waals surface area contributed by atoms with Crippen molar-refractivity contribution in [3.05, 3.63) is 29.1 Å². The number of rotatable bonds is 3. The van der Waals surface area contributed by atoms with Crippen molar-refractivity contribution in [2.45, 2.75) is 30.7 Å². The summed E-state index contributed by atoms with van der Waals surface area (Å²) in [6, 6.07) is 1.76. The minimum atomic E-state index is -4.01. The van der Waals surface area contributed by atoms with Gasteiger partial charge in [-0.15, -0.1) is 0 Å². The molecule has 1 atom stereocenters. The second kappa shape index (κ2) is 6.08. The monoisotopic (exact) mass is 316 g/mol. The summed E-state index contributed by atoms with van der Waals surface area (Å²) in [5.74, 6) is -1.46. The molecule has 1 aliphatic rings. The zero-order chi connectivity index (χ0) is 15.6. The third-order valence-corrected chi connectivity index (χ3v) is 4.36. The Morgan fingerprint density at radius 3 is 2.76 bits per heavy atom. The van der Waals surface area contributed by atoms with Crippen LogP contribution in [0, 0.1) is 12.7 Å². The molecule has 2 rings (SSSR count). The molecule has 3 N–H and O–H groups in total. The van der Waals surface area contributed by atoms with Gasteiger partial charge in [0.15, 0.2) is 0 Å². The fraction of sp³-hybridized carbons (Fsp3) is 0.462. The van der Waals surface area contributed by atoms with Crippen LogP contribution in [0.4, 0.5) is 4.39 Å². The molecule has 1 heterocycles. The smallest absolute Gasteiger partial charge is 0.254 e. The number of amides is 1. The van der Waals surface area contributed by atoms with Gasteiger partial charge < -0.3 is 10.1 Å². The minimum Gasteiger partial charge on any atom is -0.379 e. The second-order valence-corrected chi connectivity index (χ2v) is 6.56. The van der Waals surface area contributed by atoms with Crippen LogP contribution in [0.2, 0.25) is 0 Å². The van der Waals surface area contributed by atoms with E-state index in [-0.39, 0.29) is 22.1 Å². The Morgan fingerprint density at radius 2 is 2.19 bits per heavy atom. The highest BCUT2D eigenvalue weighted by Gasteiger charge is 2.22. The Balaban J connectivity index is 2.28. The fourth-order valence-corrected chi connectivity index (χ4v) is 3.04. The van der Waals surface area contributed by atoms with Crippen LogP contribution in [0.3, 0.4) is 0 Å². The lowest BCUT2D eigenvalue weighted by atomic mass is 10.1. The number of halogens is 1. The highest BCUT2D eigenvalue weighted by Crippen LogP contribution is 2.19. The van der Waals surface area contributed by atoms with Crippen LogP contribution in [-0.4, -0.2) is 33.6 Å². The molecule has 1 aromatic carbocycles. The number of carbonyl (C=O) groups excluding carboxylic acids is 1. The molecule has 8 heteroatoms. The molecule has 1 saturated heterocycles. The van der Waals surface area contributed by atoms with E-state index >= 15 is 0 Å². The van der Waals surface area contributed by atoms with Gasteiger partial charge in [-0.25, -0.2) is 17.9 Å². The number of aryl methyl sites for hydroxylation is 1. The SMILES string of the molecule is Cc1cc(F)c(C(=O)NC2CCCOC2)cc1S(N)(=O)=O. The van der Waals surface area contributed by atoms with Crippen LogP contribution in [0.5, 0.6) is 0 Å². The Hall–Kier alpha value is -1.51. The number of carbonyl (C=O) groups is 1. The highest BCUT2D eigenvalue weighted by molar-refractivity contribution is 7.89. The van der Waals surface area contributed by atoms with Gasteiger partial charge >= 0.3 is 0 Å². The topological polar surface area (TPSA) is 98.5 Å². The summed E-state index contributed by atoms with van der Waals surface area (Å²) in [5, 5.41) is 7.69. The van der Waals surface area contributed by atoms with E-state index in [2.05, 4.69) is 5.32 Å². The first-order valence-corrected chi connectivity index (χ1v) is 8.05. The summed E-state index contributed by atoms with van der Waals surface area (Å²) in [6.45, 7) is 2.42. The lowest BCUT2D eigenvalue weighted by Gasteiger charge is -2.23. The molecule has 0 spiro atoms. The van der Waals surface area contributed by atoms with Crippen molar-refractivity contribution in [2.24, 2.45) is 5.14 Å². The first-order valence-electron chi connectivity index (χ1n) is 6.50. The molecule has 1 fully saturated rings. The van der Waals surface area contributed by atoms with Crippen LogP contribution >= 0.6 is 0 Å². The summed E-state index contributed by atoms with van der Waals surface area (Å²) in [4.78, 5) is 11.8. The average Bonchev–Trinajstić information content (AvgIpc) is 2.38. The van der Waals surface area contributed by atoms with Crippen LogP contribution in [0.25, 0.3) is 0 Å². The van der Waals surface area contributed by atoms with Crippen LogP contribution in [-0.2, 0) is 14.8 Å². The van der Waals surface area contributed by atoms with Gasteiger partial charge in [0.05, 0.1) is 23.1 Å². The predicted molar refractivity (Wildman–Crippen MR) is 73.8 cm³/mol. The average molecular weight is 316 g/mol. The standard InChI is InChI=1S/C13H17FN2O4S/c1-8-5-11(14)10(6-12(8)21(15,18)19)13(17)16-9-3-2-4-20-7-9/h5-6,9H,2-4,7H2,1H3,(H,16,17)(H2,15,18,19). The first kappa shape index (κ1) is 15.9. The largest absolute Gasteiger partial charge is 0.379 e. The number of ether oxygens (including phenoxy) is 1. The normalized spacial score (nSPS) is 19.3. The van der Waals surface area contributed by atoms with Crippen molar-refractivity contribution in [3.8, 4) is 0 Å². The summed E-state index contributed by atoms with van der Waals surface area (Å²) in [6.07, 6.45) is 1.55. The van der Waals surface area contributed by atoms with Gasteiger partial charge in [0.1, 0.15) is 5.82 Å². The molecule has 0 bridgehead atoms. The zero-order valence-corrected chi connectivity index (χ0v) is 12.4. The summed E-state index contributed by atoms with van der Waals surface area (Å²) >= 11 is 0. The minimum absolute atomic E-state index is 0.160. The van der Waals surface area contributed by atoms with Crippen LogP contribution < -0.4 is 10.5 Å². The number of primary sulfonamides is 1. The number of hydrogen-bond acceptors (Lipinski definition) is 4. The van der Waals surface area contributed by atoms with Crippen LogP contribution in [0.15, 0.2) is 17.0 Å². The lowest BCUT2D eigenvalue weighted by Crippen LogP contribution is -2.41. The third-order valence-electron chi connectivity index (χ3n) is 3.31. The molecule has 1 amide bonds. The number of nitrogens with one attached hydrogen (secondary N) is 1. The molecule has 0 radical (unpaired) electrons. The van der Waals surface area contributed by atoms with E-state index in [0.717, 1.165) is 25.0 Å². The molecule has 6 nitrogen and oxygen atoms in total. The molecule has 116 valence electrons. The van der Waals surface area contributed by atoms with Gasteiger partial charge in [0.25, 0.3) is 5.91 Å². The molecule has 21 heavy (non-hydrogen) atoms. The molecular formula is C13H17FN2O4S. The maximum Gasteiger partial charge on any atom is 0.254 e. The second-order valence-electron chi connectivity index (χ2n) is 5.03. The number of hydrogen-bond donors (Lipinski definition) is 2. The zero-order valence-electron chi connectivity index (χ0n) is 11.6. The summed E-state index contributed by atoms with van der Waals surface area (Å²) < 4.78 is 42.0. The van der Waals surface area contributed by atoms with Gasteiger partial charge in [-0.2, -0.15) is 0 Å². The van der Waals surface area contributed by atoms with Gasteiger partial charge in [-0.3, -0.25) is 4.79 Å². The summed E-state index contributed by atoms with van der Waals surface area (Å²) in [7, 11) is -4.01. The van der Waals surface area contributed by atoms with E-state index in [1.807, 2.05) is 0 Å². The highest BCUT2D eigenvalue weighted by atomic mass is 32.2. The Bertz CT molecular complexity index is 654. The van der Waals surface area contributed by atoms with Crippen molar-refractivity contribution < 1.29 is 22.3 Å². The third kappa shape index (κ3) is 3.78. The van der Waals surface area contributed by atoms with E-state index in [1.165, 1.54) is 6.92 Å². The van der Waals surface area contributed by atoms with Crippen LogP contribution in [0.1, 0.15) is 28.8 Å². The fourth-order valence-electron chi connectivity index (χ4n) is 2.25. The molecular weight excluding hydrogens is 299 g/mol. The van der Waals surface area contributed by atoms with Gasteiger partial charge in [-0.1, -0.05) is 0 Å². The van der Waals surface area contributed by atoms with E-state index < -0.39 is 21.7 Å². The Labute approximate surface area is 122 Å². The lowest BCUT2D eigenvalue weighted by molar-refractivity contribution is 0.0622. The van der Waals surface area contributed by atoms with E-state index in [9.17, 15) is 17.6 Å². The quantitative estimate of drug-likeness (QED) is 0.857. The molecule has 1 aliphatic heterocycles. The van der Waals surface area contributed by atoms with E-state index in [4.69, 9.17) is 9.88 Å². The molecule has 1 unspecified atom stereocenters. The molecule has 0 aromatic heterocycles. The van der Waals surface area contributed by atoms with Crippen molar-refractivity contribution in [1.82, 2.24) is 5.32 Å².